The quantitative estimate of drug-likeness (QED) is 0.710. The number of hydrogen-bond donors (Lipinski definition) is 1. The second-order valence-corrected chi connectivity index (χ2v) is 10.3. The van der Waals surface area contributed by atoms with Gasteiger partial charge in [0.2, 0.25) is 0 Å². The maximum atomic E-state index is 12.4. The van der Waals surface area contributed by atoms with E-state index in [9.17, 15) is 18.3 Å². The molecule has 0 radical (unpaired) electrons. The van der Waals surface area contributed by atoms with Crippen LogP contribution in [0.5, 0.6) is 5.75 Å². The lowest BCUT2D eigenvalue weighted by molar-refractivity contribution is 0.0824. The van der Waals surface area contributed by atoms with Crippen molar-refractivity contribution in [2.45, 2.75) is 19.9 Å². The van der Waals surface area contributed by atoms with Gasteiger partial charge in [-0.2, -0.15) is 8.42 Å². The summed E-state index contributed by atoms with van der Waals surface area (Å²) in [5, 5.41) is 12.8. The lowest BCUT2D eigenvalue weighted by atomic mass is 10.0. The van der Waals surface area contributed by atoms with Crippen molar-refractivity contribution in [3.05, 3.63) is 46.2 Å². The Bertz CT molecular complexity index is 1170. The molecule has 1 aliphatic heterocycles. The average Bonchev–Trinajstić information content (AvgIpc) is 3.34. The van der Waals surface area contributed by atoms with E-state index in [0.29, 0.717) is 0 Å². The molecule has 2 aromatic rings. The number of rotatable bonds is 5. The SMILES string of the molecule is CC(C)[C@H](c1cccs1)N(C)C1=NS(=O)(=O)N=C1N(C)c1cccc(C(=O)N(C)C)c1O. The molecular weight excluding hydrogens is 450 g/mol. The summed E-state index contributed by atoms with van der Waals surface area (Å²) >= 11 is 1.58. The Labute approximate surface area is 192 Å². The predicted octanol–water partition coefficient (Wildman–Crippen LogP) is 2.98. The molecule has 0 aliphatic carbocycles. The molecule has 0 spiro atoms. The van der Waals surface area contributed by atoms with Crippen LogP contribution in [-0.2, 0) is 10.2 Å². The number of carbonyl (C=O) groups is 1. The molecule has 0 unspecified atom stereocenters. The summed E-state index contributed by atoms with van der Waals surface area (Å²) in [5.74, 6) is -0.239. The minimum absolute atomic E-state index is 0.0689. The van der Waals surface area contributed by atoms with Gasteiger partial charge in [-0.05, 0) is 29.5 Å². The van der Waals surface area contributed by atoms with Crippen molar-refractivity contribution in [1.29, 1.82) is 0 Å². The molecule has 9 nitrogen and oxygen atoms in total. The van der Waals surface area contributed by atoms with E-state index in [1.54, 1.807) is 56.6 Å². The lowest BCUT2D eigenvalue weighted by Crippen LogP contribution is -2.43. The number of likely N-dealkylation sites (N-methyl/N-ethyl adjacent to an activating group) is 2. The van der Waals surface area contributed by atoms with Gasteiger partial charge in [-0.25, -0.2) is 0 Å². The Hall–Kier alpha value is -2.92. The second kappa shape index (κ2) is 8.91. The van der Waals surface area contributed by atoms with Crippen LogP contribution in [0.15, 0.2) is 44.5 Å². The number of amidine groups is 2. The summed E-state index contributed by atoms with van der Waals surface area (Å²) in [7, 11) is 2.44. The van der Waals surface area contributed by atoms with Crippen LogP contribution in [0, 0.1) is 5.92 Å². The molecule has 1 aromatic heterocycles. The van der Waals surface area contributed by atoms with Gasteiger partial charge in [0.05, 0.1) is 17.3 Å². The molecule has 1 aromatic carbocycles. The van der Waals surface area contributed by atoms with Crippen molar-refractivity contribution >= 4 is 44.8 Å². The summed E-state index contributed by atoms with van der Waals surface area (Å²) in [6.45, 7) is 4.10. The van der Waals surface area contributed by atoms with E-state index in [4.69, 9.17) is 0 Å². The summed E-state index contributed by atoms with van der Waals surface area (Å²) < 4.78 is 32.5. The summed E-state index contributed by atoms with van der Waals surface area (Å²) in [6.07, 6.45) is 0. The van der Waals surface area contributed by atoms with Gasteiger partial charge in [0, 0.05) is 33.1 Å². The first-order valence-corrected chi connectivity index (χ1v) is 12.2. The third-order valence-corrected chi connectivity index (χ3v) is 6.90. The molecular formula is C21H27N5O4S2. The van der Waals surface area contributed by atoms with E-state index in [2.05, 4.69) is 8.80 Å². The molecule has 1 N–H and O–H groups in total. The first kappa shape index (κ1) is 23.7. The topological polar surface area (TPSA) is 106 Å². The van der Waals surface area contributed by atoms with Crippen LogP contribution >= 0.6 is 11.3 Å². The third-order valence-electron chi connectivity index (χ3n) is 5.15. The highest BCUT2D eigenvalue weighted by molar-refractivity contribution is 7.89. The van der Waals surface area contributed by atoms with Crippen LogP contribution in [0.25, 0.3) is 0 Å². The van der Waals surface area contributed by atoms with Gasteiger partial charge in [-0.15, -0.1) is 20.1 Å². The average molecular weight is 478 g/mol. The zero-order valence-electron chi connectivity index (χ0n) is 18.8. The standard InChI is InChI=1S/C21H27N5O4S2/c1-13(2)17(16-11-8-12-31-16)26(6)20-19(22-32(29,30)23-20)25(5)15-10-7-9-14(18(15)27)21(28)24(3)4/h7-13,17,27H,1-6H3/t17-/m1/s1. The molecule has 32 heavy (non-hydrogen) atoms. The maximum absolute atomic E-state index is 12.4. The molecule has 0 fully saturated rings. The highest BCUT2D eigenvalue weighted by Gasteiger charge is 2.36. The number of hydrogen-bond acceptors (Lipinski definition) is 7. The van der Waals surface area contributed by atoms with Crippen molar-refractivity contribution in [2.75, 3.05) is 33.1 Å². The summed E-state index contributed by atoms with van der Waals surface area (Å²) in [4.78, 5) is 18.1. The number of amides is 1. The first-order valence-electron chi connectivity index (χ1n) is 9.93. The van der Waals surface area contributed by atoms with E-state index >= 15 is 0 Å². The van der Waals surface area contributed by atoms with Crippen LogP contribution in [0.4, 0.5) is 5.69 Å². The zero-order valence-corrected chi connectivity index (χ0v) is 20.5. The molecule has 0 saturated carbocycles. The first-order chi connectivity index (χ1) is 14.9. The Morgan fingerprint density at radius 3 is 2.25 bits per heavy atom. The van der Waals surface area contributed by atoms with Crippen LogP contribution in [-0.4, -0.2) is 69.1 Å². The van der Waals surface area contributed by atoms with Crippen LogP contribution < -0.4 is 4.90 Å². The van der Waals surface area contributed by atoms with Crippen LogP contribution in [0.1, 0.15) is 35.1 Å². The van der Waals surface area contributed by atoms with Crippen molar-refractivity contribution < 1.29 is 18.3 Å². The predicted molar refractivity (Wildman–Crippen MR) is 128 cm³/mol. The molecule has 1 aliphatic rings. The molecule has 0 bridgehead atoms. The van der Waals surface area contributed by atoms with E-state index in [1.165, 1.54) is 15.9 Å². The van der Waals surface area contributed by atoms with E-state index in [0.717, 1.165) is 4.88 Å². The number of para-hydroxylation sites is 1. The fourth-order valence-corrected chi connectivity index (χ4v) is 5.58. The Kier molecular flexibility index (Phi) is 6.61. The largest absolute Gasteiger partial charge is 0.505 e. The monoisotopic (exact) mass is 477 g/mol. The minimum Gasteiger partial charge on any atom is -0.505 e. The van der Waals surface area contributed by atoms with Gasteiger partial charge in [-0.3, -0.25) is 4.79 Å². The van der Waals surface area contributed by atoms with Crippen molar-refractivity contribution in [2.24, 2.45) is 14.7 Å². The third kappa shape index (κ3) is 4.49. The maximum Gasteiger partial charge on any atom is 0.367 e. The highest BCUT2D eigenvalue weighted by atomic mass is 32.2. The summed E-state index contributed by atoms with van der Waals surface area (Å²) in [6, 6.07) is 8.54. The van der Waals surface area contributed by atoms with Crippen molar-refractivity contribution in [3.8, 4) is 5.75 Å². The Morgan fingerprint density at radius 2 is 1.69 bits per heavy atom. The number of nitrogens with zero attached hydrogens (tertiary/aromatic N) is 5. The highest BCUT2D eigenvalue weighted by Crippen LogP contribution is 2.35. The van der Waals surface area contributed by atoms with Gasteiger partial charge in [0.1, 0.15) is 0 Å². The fourth-order valence-electron chi connectivity index (χ4n) is 3.64. The lowest BCUT2D eigenvalue weighted by Gasteiger charge is -2.33. The molecule has 3 rings (SSSR count). The second-order valence-electron chi connectivity index (χ2n) is 8.02. The van der Waals surface area contributed by atoms with Gasteiger partial charge in [0.25, 0.3) is 5.91 Å². The van der Waals surface area contributed by atoms with E-state index < -0.39 is 10.2 Å². The number of phenols is 1. The van der Waals surface area contributed by atoms with Gasteiger partial charge in [-0.1, -0.05) is 26.0 Å². The molecule has 172 valence electrons. The van der Waals surface area contributed by atoms with Crippen molar-refractivity contribution in [1.82, 2.24) is 9.80 Å². The number of anilines is 1. The smallest absolute Gasteiger partial charge is 0.367 e. The summed E-state index contributed by atoms with van der Waals surface area (Å²) in [5.41, 5.74) is 0.346. The van der Waals surface area contributed by atoms with Gasteiger partial charge >= 0.3 is 10.2 Å². The number of aromatic hydroxyl groups is 1. The molecule has 11 heteroatoms. The molecule has 1 atom stereocenters. The van der Waals surface area contributed by atoms with Crippen molar-refractivity contribution in [3.63, 3.8) is 0 Å². The van der Waals surface area contributed by atoms with E-state index in [1.807, 2.05) is 31.4 Å². The van der Waals surface area contributed by atoms with Gasteiger partial charge < -0.3 is 19.8 Å². The molecule has 1 amide bonds. The zero-order chi connectivity index (χ0) is 23.8. The number of benzene rings is 1. The van der Waals surface area contributed by atoms with Crippen LogP contribution in [0.3, 0.4) is 0 Å². The van der Waals surface area contributed by atoms with Gasteiger partial charge in [0.15, 0.2) is 17.4 Å². The van der Waals surface area contributed by atoms with Crippen LogP contribution in [0.2, 0.25) is 0 Å². The van der Waals surface area contributed by atoms with E-state index in [-0.39, 0.29) is 46.5 Å². The number of thiophene rings is 1. The number of phenolic OH excluding ortho intramolecular Hbond substituents is 1. The normalized spacial score (nSPS) is 15.8. The Balaban J connectivity index is 2.05. The Morgan fingerprint density at radius 1 is 1.03 bits per heavy atom. The fraction of sp³-hybridized carbons (Fsp3) is 0.381. The number of carbonyl (C=O) groups excluding carboxylic acids is 1. The molecule has 2 heterocycles. The molecule has 0 saturated heterocycles. The minimum atomic E-state index is -4.08.